The fourth-order valence-electron chi connectivity index (χ4n) is 5.36. The standard InChI is InChI=1S/C20H44BN3P2/c1-9-17-13-14-18(10-2)25(17)24(21(22(5)6)23(7)8)26-19(11-3)15-16-20(26)12-4/h17-20H,9-16H2,1-8H3/t17-,18-,19-,20-/m1/s1. The summed E-state index contributed by atoms with van der Waals surface area (Å²) in [6.07, 6.45) is 11.4. The van der Waals surface area contributed by atoms with E-state index in [9.17, 15) is 0 Å². The molecular weight excluding hydrogens is 355 g/mol. The van der Waals surface area contributed by atoms with E-state index in [-0.39, 0.29) is 16.1 Å². The van der Waals surface area contributed by atoms with E-state index < -0.39 is 0 Å². The highest BCUT2D eigenvalue weighted by Gasteiger charge is 2.51. The number of hydrogen-bond donors (Lipinski definition) is 0. The molecule has 0 saturated carbocycles. The molecule has 26 heavy (non-hydrogen) atoms. The van der Waals surface area contributed by atoms with E-state index in [4.69, 9.17) is 0 Å². The monoisotopic (exact) mass is 399 g/mol. The van der Waals surface area contributed by atoms with E-state index in [1.54, 1.807) is 0 Å². The van der Waals surface area contributed by atoms with E-state index in [0.717, 1.165) is 22.6 Å². The van der Waals surface area contributed by atoms with Crippen LogP contribution in [0, 0.1) is 0 Å². The largest absolute Gasteiger partial charge is 0.410 e. The molecule has 0 amide bonds. The van der Waals surface area contributed by atoms with E-state index in [0.29, 0.717) is 7.12 Å². The Kier molecular flexibility index (Phi) is 9.36. The Balaban J connectivity index is 2.50. The van der Waals surface area contributed by atoms with Crippen LogP contribution in [0.25, 0.3) is 0 Å². The van der Waals surface area contributed by atoms with Crippen LogP contribution in [0.4, 0.5) is 0 Å². The van der Waals surface area contributed by atoms with Gasteiger partial charge >= 0.3 is 7.12 Å². The van der Waals surface area contributed by atoms with Crippen LogP contribution in [0.2, 0.25) is 0 Å². The topological polar surface area (TPSA) is 9.72 Å². The van der Waals surface area contributed by atoms with E-state index >= 15 is 0 Å². The summed E-state index contributed by atoms with van der Waals surface area (Å²) in [6.45, 7) is 9.81. The van der Waals surface area contributed by atoms with Gasteiger partial charge in [0.05, 0.1) is 0 Å². The summed E-state index contributed by atoms with van der Waals surface area (Å²) < 4.78 is 3.18. The Morgan fingerprint density at radius 1 is 0.615 bits per heavy atom. The smallest absolute Gasteiger partial charge is 0.319 e. The Morgan fingerprint density at radius 3 is 1.08 bits per heavy atom. The summed E-state index contributed by atoms with van der Waals surface area (Å²) in [6, 6.07) is 0. The zero-order valence-corrected chi connectivity index (χ0v) is 20.6. The molecule has 2 aliphatic heterocycles. The molecule has 0 aromatic heterocycles. The van der Waals surface area contributed by atoms with Gasteiger partial charge in [-0.3, -0.25) is 4.35 Å². The van der Waals surface area contributed by atoms with Crippen molar-refractivity contribution in [3.05, 3.63) is 0 Å². The molecule has 0 aromatic rings. The first-order valence-electron chi connectivity index (χ1n) is 11.1. The minimum absolute atomic E-state index is 0.0368. The van der Waals surface area contributed by atoms with Crippen molar-refractivity contribution in [1.82, 2.24) is 14.0 Å². The van der Waals surface area contributed by atoms with Crippen LogP contribution in [-0.2, 0) is 0 Å². The second-order valence-electron chi connectivity index (χ2n) is 8.76. The van der Waals surface area contributed by atoms with E-state index in [2.05, 4.69) is 69.9 Å². The first-order valence-corrected chi connectivity index (χ1v) is 14.0. The summed E-state index contributed by atoms with van der Waals surface area (Å²) in [5.41, 5.74) is 3.82. The molecule has 0 unspecified atom stereocenters. The van der Waals surface area contributed by atoms with Gasteiger partial charge in [0.1, 0.15) is 0 Å². The number of hydrogen-bond acceptors (Lipinski definition) is 3. The lowest BCUT2D eigenvalue weighted by Crippen LogP contribution is -2.56. The fraction of sp³-hybridized carbons (Fsp3) is 1.00. The van der Waals surface area contributed by atoms with Gasteiger partial charge in [0, 0.05) is 0 Å². The van der Waals surface area contributed by atoms with Gasteiger partial charge < -0.3 is 9.62 Å². The quantitative estimate of drug-likeness (QED) is 0.353. The van der Waals surface area contributed by atoms with Crippen molar-refractivity contribution >= 4 is 23.3 Å². The van der Waals surface area contributed by atoms with E-state index in [1.807, 2.05) is 0 Å². The average Bonchev–Trinajstić information content (AvgIpc) is 3.21. The second-order valence-corrected chi connectivity index (χ2v) is 14.4. The van der Waals surface area contributed by atoms with Gasteiger partial charge in [-0.1, -0.05) is 27.7 Å². The number of rotatable bonds is 9. The zero-order chi connectivity index (χ0) is 19.4. The first-order chi connectivity index (χ1) is 12.4. The van der Waals surface area contributed by atoms with Crippen molar-refractivity contribution in [3.8, 4) is 0 Å². The number of nitrogens with zero attached hydrogens (tertiary/aromatic N) is 3. The maximum Gasteiger partial charge on any atom is 0.410 e. The second kappa shape index (κ2) is 10.5. The van der Waals surface area contributed by atoms with Crippen molar-refractivity contribution in [2.24, 2.45) is 0 Å². The molecule has 2 rings (SSSR count). The molecule has 3 nitrogen and oxygen atoms in total. The maximum absolute atomic E-state index is 3.18. The summed E-state index contributed by atoms with van der Waals surface area (Å²) in [7, 11) is 9.61. The third-order valence-electron chi connectivity index (χ3n) is 6.65. The van der Waals surface area contributed by atoms with Crippen molar-refractivity contribution in [2.75, 3.05) is 28.2 Å². The molecule has 0 bridgehead atoms. The highest BCUT2D eigenvalue weighted by Crippen LogP contribution is 2.73. The lowest BCUT2D eigenvalue weighted by atomic mass is 9.92. The van der Waals surface area contributed by atoms with Crippen LogP contribution in [0.1, 0.15) is 79.1 Å². The molecule has 0 aromatic carbocycles. The molecule has 0 N–H and O–H groups in total. The third kappa shape index (κ3) is 4.68. The molecule has 2 heterocycles. The Labute approximate surface area is 167 Å². The normalized spacial score (nSPS) is 31.0. The Hall–Kier alpha value is 0.805. The summed E-state index contributed by atoms with van der Waals surface area (Å²) in [5, 5.41) is 0. The minimum Gasteiger partial charge on any atom is -0.319 e. The van der Waals surface area contributed by atoms with Crippen molar-refractivity contribution in [3.63, 3.8) is 0 Å². The Bertz CT molecular complexity index is 364. The van der Waals surface area contributed by atoms with Crippen LogP contribution in [-0.4, -0.2) is 71.9 Å². The van der Waals surface area contributed by atoms with Crippen LogP contribution in [0.15, 0.2) is 0 Å². The van der Waals surface area contributed by atoms with Crippen molar-refractivity contribution < 1.29 is 0 Å². The van der Waals surface area contributed by atoms with E-state index in [1.165, 1.54) is 51.4 Å². The molecule has 0 spiro atoms. The molecular formula is C20H44BN3P2. The van der Waals surface area contributed by atoms with Gasteiger partial charge in [0.2, 0.25) is 0 Å². The molecule has 2 aliphatic rings. The third-order valence-corrected chi connectivity index (χ3v) is 14.7. The maximum atomic E-state index is 3.18. The SMILES string of the molecule is CC[C@@H]1CC[C@@H](CC)P1N(B(N(C)C)N(C)C)P1[C@H](CC)CC[C@H]1CC. The fourth-order valence-corrected chi connectivity index (χ4v) is 15.1. The predicted octanol–water partition coefficient (Wildman–Crippen LogP) is 5.89. The van der Waals surface area contributed by atoms with Gasteiger partial charge in [-0.2, -0.15) is 0 Å². The minimum atomic E-state index is -0.0368. The van der Waals surface area contributed by atoms with Crippen molar-refractivity contribution in [2.45, 2.75) is 102 Å². The highest BCUT2D eigenvalue weighted by atomic mass is 31.2. The molecule has 2 saturated heterocycles. The lowest BCUT2D eigenvalue weighted by Gasteiger charge is -2.50. The van der Waals surface area contributed by atoms with Gasteiger partial charge in [0.15, 0.2) is 0 Å². The highest BCUT2D eigenvalue weighted by molar-refractivity contribution is 7.74. The van der Waals surface area contributed by atoms with Crippen LogP contribution in [0.5, 0.6) is 0 Å². The van der Waals surface area contributed by atoms with Crippen LogP contribution < -0.4 is 0 Å². The first kappa shape index (κ1) is 23.1. The van der Waals surface area contributed by atoms with Crippen LogP contribution >= 0.6 is 16.1 Å². The van der Waals surface area contributed by atoms with Gasteiger partial charge in [-0.15, -0.1) is 0 Å². The molecule has 2 fully saturated rings. The van der Waals surface area contributed by atoms with Gasteiger partial charge in [-0.05, 0) is 118 Å². The summed E-state index contributed by atoms with van der Waals surface area (Å²) in [5.74, 6) is 0. The average molecular weight is 399 g/mol. The summed E-state index contributed by atoms with van der Waals surface area (Å²) in [4.78, 5) is 5.00. The van der Waals surface area contributed by atoms with Gasteiger partial charge in [0.25, 0.3) is 0 Å². The van der Waals surface area contributed by atoms with Crippen molar-refractivity contribution in [1.29, 1.82) is 0 Å². The predicted molar refractivity (Wildman–Crippen MR) is 124 cm³/mol. The lowest BCUT2D eigenvalue weighted by molar-refractivity contribution is 0.484. The molecule has 152 valence electrons. The molecule has 0 radical (unpaired) electrons. The summed E-state index contributed by atoms with van der Waals surface area (Å²) >= 11 is 0. The molecule has 0 aliphatic carbocycles. The van der Waals surface area contributed by atoms with Crippen LogP contribution in [0.3, 0.4) is 0 Å². The molecule has 6 heteroatoms. The Morgan fingerprint density at radius 2 is 0.885 bits per heavy atom. The van der Waals surface area contributed by atoms with Gasteiger partial charge in [-0.25, -0.2) is 0 Å². The zero-order valence-electron chi connectivity index (χ0n) is 18.8. The molecule has 4 atom stereocenters.